The maximum absolute atomic E-state index is 13.2. The summed E-state index contributed by atoms with van der Waals surface area (Å²) in [6, 6.07) is 9.32. The van der Waals surface area contributed by atoms with Crippen LogP contribution in [0.1, 0.15) is 41.0 Å². The number of thioether (sulfide) groups is 1. The zero-order valence-electron chi connectivity index (χ0n) is 19.5. The van der Waals surface area contributed by atoms with Gasteiger partial charge in [0.1, 0.15) is 0 Å². The molecule has 4 rings (SSSR count). The molecule has 0 N–H and O–H groups in total. The summed E-state index contributed by atoms with van der Waals surface area (Å²) < 4.78 is 14.8. The number of fused-ring (bicyclic) bond motifs is 1. The molecule has 0 aliphatic carbocycles. The quantitative estimate of drug-likeness (QED) is 0.193. The number of aryl methyl sites for hydroxylation is 1. The van der Waals surface area contributed by atoms with Crippen molar-refractivity contribution in [2.24, 2.45) is 0 Å². The Balaban J connectivity index is 1.57. The topological polar surface area (TPSA) is 75.4 Å². The van der Waals surface area contributed by atoms with Crippen molar-refractivity contribution in [2.45, 2.75) is 57.5 Å². The van der Waals surface area contributed by atoms with Crippen LogP contribution in [-0.4, -0.2) is 52.1 Å². The zero-order valence-corrected chi connectivity index (χ0v) is 20.3. The maximum atomic E-state index is 13.2. The second-order valence-corrected chi connectivity index (χ2v) is 9.40. The SMILES string of the molecule is COCCCn1c(C)cc(C(=O)CSc2nc3ccccc3c(=O)n2C[C@@H]2CCCO2)c1C. The highest BCUT2D eigenvalue weighted by molar-refractivity contribution is 7.99. The van der Waals surface area contributed by atoms with Gasteiger partial charge in [0.15, 0.2) is 10.9 Å². The number of rotatable bonds is 10. The van der Waals surface area contributed by atoms with Crippen LogP contribution < -0.4 is 5.56 Å². The molecule has 1 fully saturated rings. The van der Waals surface area contributed by atoms with Crippen molar-refractivity contribution in [3.8, 4) is 0 Å². The monoisotopic (exact) mass is 469 g/mol. The Hall–Kier alpha value is -2.42. The molecule has 0 radical (unpaired) electrons. The van der Waals surface area contributed by atoms with Crippen LogP contribution in [0.3, 0.4) is 0 Å². The molecule has 3 heterocycles. The first-order chi connectivity index (χ1) is 16.0. The van der Waals surface area contributed by atoms with E-state index in [1.54, 1.807) is 17.7 Å². The Morgan fingerprint density at radius 1 is 1.27 bits per heavy atom. The Bertz CT molecular complexity index is 1190. The Labute approximate surface area is 198 Å². The summed E-state index contributed by atoms with van der Waals surface area (Å²) in [4.78, 5) is 31.1. The molecule has 0 amide bonds. The van der Waals surface area contributed by atoms with Crippen molar-refractivity contribution in [3.05, 3.63) is 57.6 Å². The van der Waals surface area contributed by atoms with Crippen molar-refractivity contribution < 1.29 is 14.3 Å². The molecule has 7 nitrogen and oxygen atoms in total. The van der Waals surface area contributed by atoms with Crippen LogP contribution in [0.5, 0.6) is 0 Å². The van der Waals surface area contributed by atoms with Gasteiger partial charge in [0, 0.05) is 43.8 Å². The van der Waals surface area contributed by atoms with Crippen LogP contribution >= 0.6 is 11.8 Å². The summed E-state index contributed by atoms with van der Waals surface area (Å²) in [5.41, 5.74) is 3.33. The normalized spacial score (nSPS) is 16.0. The van der Waals surface area contributed by atoms with Crippen LogP contribution in [0.25, 0.3) is 10.9 Å². The number of benzene rings is 1. The molecular weight excluding hydrogens is 438 g/mol. The molecule has 176 valence electrons. The first-order valence-electron chi connectivity index (χ1n) is 11.4. The lowest BCUT2D eigenvalue weighted by atomic mass is 10.2. The van der Waals surface area contributed by atoms with Gasteiger partial charge in [0.05, 0.1) is 29.3 Å². The van der Waals surface area contributed by atoms with E-state index in [2.05, 4.69) is 4.57 Å². The highest BCUT2D eigenvalue weighted by atomic mass is 32.2. The summed E-state index contributed by atoms with van der Waals surface area (Å²) in [6.45, 7) is 6.70. The molecule has 3 aromatic rings. The van der Waals surface area contributed by atoms with Crippen molar-refractivity contribution >= 4 is 28.4 Å². The standard InChI is InChI=1S/C25H31N3O4S/c1-17-14-21(18(2)27(17)11-7-12-31-3)23(29)16-33-25-26-22-10-5-4-9-20(22)24(30)28(25)15-19-8-6-13-32-19/h4-5,9-10,14,19H,6-8,11-13,15-16H2,1-3H3/t19-/m0/s1. The molecular formula is C25H31N3O4S. The lowest BCUT2D eigenvalue weighted by molar-refractivity contribution is 0.0937. The van der Waals surface area contributed by atoms with E-state index in [-0.39, 0.29) is 23.2 Å². The number of ether oxygens (including phenoxy) is 2. The van der Waals surface area contributed by atoms with Crippen molar-refractivity contribution in [1.29, 1.82) is 0 Å². The van der Waals surface area contributed by atoms with Gasteiger partial charge in [-0.25, -0.2) is 4.98 Å². The third-order valence-electron chi connectivity index (χ3n) is 6.17. The fourth-order valence-corrected chi connectivity index (χ4v) is 5.31. The molecule has 1 atom stereocenters. The highest BCUT2D eigenvalue weighted by Crippen LogP contribution is 2.24. The number of ketones is 1. The number of aromatic nitrogens is 3. The van der Waals surface area contributed by atoms with Gasteiger partial charge >= 0.3 is 0 Å². The molecule has 0 bridgehead atoms. The molecule has 1 aliphatic heterocycles. The first kappa shape index (κ1) is 23.7. The molecule has 1 aliphatic rings. The number of Topliss-reactive ketones (excluding diaryl/α,β-unsaturated/α-hetero) is 1. The lowest BCUT2D eigenvalue weighted by Crippen LogP contribution is -2.29. The van der Waals surface area contributed by atoms with E-state index in [1.165, 1.54) is 11.8 Å². The summed E-state index contributed by atoms with van der Waals surface area (Å²) >= 11 is 1.33. The third-order valence-corrected chi connectivity index (χ3v) is 7.15. The zero-order chi connectivity index (χ0) is 23.4. The van der Waals surface area contributed by atoms with Gasteiger partial charge in [-0.2, -0.15) is 0 Å². The van der Waals surface area contributed by atoms with Crippen LogP contribution in [-0.2, 0) is 22.6 Å². The van der Waals surface area contributed by atoms with Gasteiger partial charge in [-0.15, -0.1) is 0 Å². The van der Waals surface area contributed by atoms with E-state index in [1.807, 2.05) is 38.1 Å². The predicted molar refractivity (Wildman–Crippen MR) is 130 cm³/mol. The van der Waals surface area contributed by atoms with Crippen LogP contribution in [0.4, 0.5) is 0 Å². The smallest absolute Gasteiger partial charge is 0.262 e. The largest absolute Gasteiger partial charge is 0.385 e. The molecule has 8 heteroatoms. The first-order valence-corrected chi connectivity index (χ1v) is 12.4. The van der Waals surface area contributed by atoms with Crippen LogP contribution in [0.2, 0.25) is 0 Å². The second-order valence-electron chi connectivity index (χ2n) is 8.46. The average Bonchev–Trinajstić information content (AvgIpc) is 3.43. The summed E-state index contributed by atoms with van der Waals surface area (Å²) in [5.74, 6) is 0.260. The fourth-order valence-electron chi connectivity index (χ4n) is 4.41. The Morgan fingerprint density at radius 3 is 2.85 bits per heavy atom. The number of nitrogens with zero attached hydrogens (tertiary/aromatic N) is 3. The molecule has 1 saturated heterocycles. The average molecular weight is 470 g/mol. The van der Waals surface area contributed by atoms with Crippen LogP contribution in [0, 0.1) is 13.8 Å². The molecule has 0 spiro atoms. The van der Waals surface area contributed by atoms with Gasteiger partial charge < -0.3 is 14.0 Å². The van der Waals surface area contributed by atoms with Gasteiger partial charge in [-0.05, 0) is 51.3 Å². The number of carbonyl (C=O) groups excluding carboxylic acids is 1. The fraction of sp³-hybridized carbons (Fsp3) is 0.480. The van der Waals surface area contributed by atoms with E-state index >= 15 is 0 Å². The van der Waals surface area contributed by atoms with Crippen molar-refractivity contribution in [1.82, 2.24) is 14.1 Å². The minimum atomic E-state index is -0.0811. The summed E-state index contributed by atoms with van der Waals surface area (Å²) in [6.07, 6.45) is 2.83. The highest BCUT2D eigenvalue weighted by Gasteiger charge is 2.22. The van der Waals surface area contributed by atoms with Crippen molar-refractivity contribution in [2.75, 3.05) is 26.1 Å². The number of carbonyl (C=O) groups is 1. The van der Waals surface area contributed by atoms with Gasteiger partial charge in [0.2, 0.25) is 0 Å². The van der Waals surface area contributed by atoms with Crippen LogP contribution in [0.15, 0.2) is 40.3 Å². The molecule has 1 aromatic carbocycles. The van der Waals surface area contributed by atoms with Gasteiger partial charge in [-0.3, -0.25) is 14.2 Å². The molecule has 0 unspecified atom stereocenters. The van der Waals surface area contributed by atoms with Crippen molar-refractivity contribution in [3.63, 3.8) is 0 Å². The molecule has 0 saturated carbocycles. The lowest BCUT2D eigenvalue weighted by Gasteiger charge is -2.16. The van der Waals surface area contributed by atoms with E-state index in [0.717, 1.165) is 49.4 Å². The number of hydrogen-bond acceptors (Lipinski definition) is 6. The Kier molecular flexibility index (Phi) is 7.67. The summed E-state index contributed by atoms with van der Waals surface area (Å²) in [5, 5.41) is 1.15. The molecule has 2 aromatic heterocycles. The minimum absolute atomic E-state index is 0.00624. The van der Waals surface area contributed by atoms with E-state index < -0.39 is 0 Å². The van der Waals surface area contributed by atoms with Gasteiger partial charge in [-0.1, -0.05) is 23.9 Å². The molecule has 33 heavy (non-hydrogen) atoms. The van der Waals surface area contributed by atoms with E-state index in [9.17, 15) is 9.59 Å². The third kappa shape index (κ3) is 5.23. The summed E-state index contributed by atoms with van der Waals surface area (Å²) in [7, 11) is 1.70. The second kappa shape index (κ2) is 10.7. The number of hydrogen-bond donors (Lipinski definition) is 0. The van der Waals surface area contributed by atoms with Gasteiger partial charge in [0.25, 0.3) is 5.56 Å². The maximum Gasteiger partial charge on any atom is 0.262 e. The van der Waals surface area contributed by atoms with E-state index in [4.69, 9.17) is 14.5 Å². The van der Waals surface area contributed by atoms with E-state index in [0.29, 0.717) is 29.2 Å². The minimum Gasteiger partial charge on any atom is -0.385 e. The number of para-hydroxylation sites is 1. The number of methoxy groups -OCH3 is 1. The predicted octanol–water partition coefficient (Wildman–Crippen LogP) is 4.01. The Morgan fingerprint density at radius 2 is 2.09 bits per heavy atom.